The molecular formula is C10H18ClNO2. The monoisotopic (exact) mass is 219 g/mol. The molecule has 1 saturated carbocycles. The third kappa shape index (κ3) is 2.94. The highest BCUT2D eigenvalue weighted by Gasteiger charge is 2.25. The van der Waals surface area contributed by atoms with Gasteiger partial charge in [0.1, 0.15) is 5.78 Å². The first-order valence-corrected chi connectivity index (χ1v) is 5.20. The van der Waals surface area contributed by atoms with Crippen LogP contribution in [-0.4, -0.2) is 43.0 Å². The van der Waals surface area contributed by atoms with Crippen molar-refractivity contribution in [3.63, 3.8) is 0 Å². The summed E-state index contributed by atoms with van der Waals surface area (Å²) in [5.41, 5.74) is 0. The molecule has 3 nitrogen and oxygen atoms in total. The third-order valence-corrected chi connectivity index (χ3v) is 3.07. The van der Waals surface area contributed by atoms with Crippen LogP contribution in [0.25, 0.3) is 0 Å². The minimum atomic E-state index is 0. The van der Waals surface area contributed by atoms with Crippen molar-refractivity contribution in [2.24, 2.45) is 0 Å². The average molecular weight is 220 g/mol. The highest BCUT2D eigenvalue weighted by molar-refractivity contribution is 5.85. The van der Waals surface area contributed by atoms with Crippen molar-refractivity contribution in [1.82, 2.24) is 4.90 Å². The molecule has 4 heteroatoms. The first-order chi connectivity index (χ1) is 6.36. The summed E-state index contributed by atoms with van der Waals surface area (Å²) < 4.78 is 5.30. The van der Waals surface area contributed by atoms with Crippen molar-refractivity contribution in [3.05, 3.63) is 0 Å². The Labute approximate surface area is 91.2 Å². The van der Waals surface area contributed by atoms with E-state index in [4.69, 9.17) is 4.74 Å². The van der Waals surface area contributed by atoms with Crippen LogP contribution in [0.2, 0.25) is 0 Å². The molecule has 1 aliphatic heterocycles. The number of Topliss-reactive ketones (excluding diaryl/α,β-unsaturated/α-hetero) is 1. The molecule has 0 atom stereocenters. The van der Waals surface area contributed by atoms with Crippen LogP contribution in [0.5, 0.6) is 0 Å². The summed E-state index contributed by atoms with van der Waals surface area (Å²) in [4.78, 5) is 13.5. The predicted molar refractivity (Wildman–Crippen MR) is 56.9 cm³/mol. The molecule has 1 heterocycles. The second-order valence-corrected chi connectivity index (χ2v) is 3.92. The zero-order valence-corrected chi connectivity index (χ0v) is 9.22. The van der Waals surface area contributed by atoms with Gasteiger partial charge in [0.25, 0.3) is 0 Å². The Kier molecular flexibility index (Phi) is 4.85. The quantitative estimate of drug-likeness (QED) is 0.665. The molecular weight excluding hydrogens is 202 g/mol. The predicted octanol–water partition coefficient (Wildman–Crippen LogP) is 1.25. The lowest BCUT2D eigenvalue weighted by Gasteiger charge is -2.36. The number of rotatable bonds is 1. The standard InChI is InChI=1S/C10H17NO2.ClH/c12-10-3-1-9(2-4-10)11-5-7-13-8-6-11;/h9H,1-8H2;1H. The number of carbonyl (C=O) groups excluding carboxylic acids is 1. The second-order valence-electron chi connectivity index (χ2n) is 3.92. The van der Waals surface area contributed by atoms with Crippen LogP contribution in [-0.2, 0) is 9.53 Å². The smallest absolute Gasteiger partial charge is 0.133 e. The van der Waals surface area contributed by atoms with Crippen LogP contribution >= 0.6 is 12.4 Å². The van der Waals surface area contributed by atoms with Crippen LogP contribution in [0.15, 0.2) is 0 Å². The summed E-state index contributed by atoms with van der Waals surface area (Å²) in [5.74, 6) is 0.449. The number of carbonyl (C=O) groups is 1. The molecule has 1 saturated heterocycles. The van der Waals surface area contributed by atoms with E-state index in [2.05, 4.69) is 4.90 Å². The molecule has 0 aromatic rings. The Morgan fingerprint density at radius 1 is 1.14 bits per heavy atom. The Hall–Kier alpha value is -0.120. The molecule has 14 heavy (non-hydrogen) atoms. The highest BCUT2D eigenvalue weighted by atomic mass is 35.5. The maximum atomic E-state index is 11.0. The van der Waals surface area contributed by atoms with E-state index in [1.807, 2.05) is 0 Å². The van der Waals surface area contributed by atoms with Crippen LogP contribution in [0.3, 0.4) is 0 Å². The topological polar surface area (TPSA) is 29.5 Å². The van der Waals surface area contributed by atoms with E-state index >= 15 is 0 Å². The zero-order valence-electron chi connectivity index (χ0n) is 8.41. The summed E-state index contributed by atoms with van der Waals surface area (Å²) in [6.07, 6.45) is 3.72. The largest absolute Gasteiger partial charge is 0.379 e. The number of ketones is 1. The maximum absolute atomic E-state index is 11.0. The fraction of sp³-hybridized carbons (Fsp3) is 0.900. The molecule has 0 aromatic heterocycles. The van der Waals surface area contributed by atoms with Crippen molar-refractivity contribution in [2.75, 3.05) is 26.3 Å². The number of ether oxygens (including phenoxy) is 1. The van der Waals surface area contributed by atoms with Crippen molar-refractivity contribution in [3.8, 4) is 0 Å². The molecule has 2 rings (SSSR count). The maximum Gasteiger partial charge on any atom is 0.133 e. The Bertz CT molecular complexity index is 183. The fourth-order valence-electron chi connectivity index (χ4n) is 2.23. The summed E-state index contributed by atoms with van der Waals surface area (Å²) in [6.45, 7) is 3.84. The zero-order chi connectivity index (χ0) is 9.10. The van der Waals surface area contributed by atoms with Crippen LogP contribution in [0.4, 0.5) is 0 Å². The molecule has 1 aliphatic carbocycles. The van der Waals surface area contributed by atoms with Crippen molar-refractivity contribution in [2.45, 2.75) is 31.7 Å². The molecule has 0 amide bonds. The number of morpholine rings is 1. The van der Waals surface area contributed by atoms with Gasteiger partial charge in [0.15, 0.2) is 0 Å². The van der Waals surface area contributed by atoms with Gasteiger partial charge < -0.3 is 4.74 Å². The molecule has 0 unspecified atom stereocenters. The third-order valence-electron chi connectivity index (χ3n) is 3.07. The minimum Gasteiger partial charge on any atom is -0.379 e. The van der Waals surface area contributed by atoms with Crippen LogP contribution in [0.1, 0.15) is 25.7 Å². The molecule has 2 aliphatic rings. The number of hydrogen-bond donors (Lipinski definition) is 0. The van der Waals surface area contributed by atoms with Gasteiger partial charge in [-0.25, -0.2) is 0 Å². The van der Waals surface area contributed by atoms with Gasteiger partial charge in [-0.3, -0.25) is 9.69 Å². The normalized spacial score (nSPS) is 25.9. The van der Waals surface area contributed by atoms with Gasteiger partial charge in [0.05, 0.1) is 13.2 Å². The second kappa shape index (κ2) is 5.69. The average Bonchev–Trinajstić information content (AvgIpc) is 2.20. The van der Waals surface area contributed by atoms with Gasteiger partial charge in [-0.05, 0) is 12.8 Å². The Morgan fingerprint density at radius 3 is 2.29 bits per heavy atom. The summed E-state index contributed by atoms with van der Waals surface area (Å²) in [7, 11) is 0. The molecule has 0 spiro atoms. The van der Waals surface area contributed by atoms with Crippen molar-refractivity contribution in [1.29, 1.82) is 0 Å². The van der Waals surface area contributed by atoms with Gasteiger partial charge in [-0.2, -0.15) is 0 Å². The lowest BCUT2D eigenvalue weighted by Crippen LogP contribution is -2.45. The fourth-order valence-corrected chi connectivity index (χ4v) is 2.23. The SMILES string of the molecule is Cl.O=C1CCC(N2CCOCC2)CC1. The number of nitrogens with zero attached hydrogens (tertiary/aromatic N) is 1. The van der Waals surface area contributed by atoms with E-state index in [9.17, 15) is 4.79 Å². The Morgan fingerprint density at radius 2 is 1.71 bits per heavy atom. The molecule has 0 bridgehead atoms. The van der Waals surface area contributed by atoms with Crippen LogP contribution in [0, 0.1) is 0 Å². The highest BCUT2D eigenvalue weighted by Crippen LogP contribution is 2.20. The van der Waals surface area contributed by atoms with E-state index < -0.39 is 0 Å². The molecule has 82 valence electrons. The van der Waals surface area contributed by atoms with E-state index in [1.54, 1.807) is 0 Å². The first-order valence-electron chi connectivity index (χ1n) is 5.20. The van der Waals surface area contributed by atoms with Crippen LogP contribution < -0.4 is 0 Å². The van der Waals surface area contributed by atoms with Gasteiger partial charge in [0, 0.05) is 32.0 Å². The summed E-state index contributed by atoms with van der Waals surface area (Å²) >= 11 is 0. The molecule has 0 radical (unpaired) electrons. The van der Waals surface area contributed by atoms with E-state index in [1.165, 1.54) is 0 Å². The summed E-state index contributed by atoms with van der Waals surface area (Å²) in [6, 6.07) is 0.654. The van der Waals surface area contributed by atoms with Crippen molar-refractivity contribution < 1.29 is 9.53 Å². The molecule has 0 aromatic carbocycles. The number of halogens is 1. The lowest BCUT2D eigenvalue weighted by atomic mass is 9.93. The number of hydrogen-bond acceptors (Lipinski definition) is 3. The molecule has 2 fully saturated rings. The summed E-state index contributed by atoms with van der Waals surface area (Å²) in [5, 5.41) is 0. The van der Waals surface area contributed by atoms with E-state index in [-0.39, 0.29) is 12.4 Å². The van der Waals surface area contributed by atoms with Gasteiger partial charge in [0.2, 0.25) is 0 Å². The van der Waals surface area contributed by atoms with Crippen molar-refractivity contribution >= 4 is 18.2 Å². The van der Waals surface area contributed by atoms with Gasteiger partial charge >= 0.3 is 0 Å². The van der Waals surface area contributed by atoms with Gasteiger partial charge in [-0.1, -0.05) is 0 Å². The van der Waals surface area contributed by atoms with Gasteiger partial charge in [-0.15, -0.1) is 12.4 Å². The van der Waals surface area contributed by atoms with E-state index in [0.717, 1.165) is 52.0 Å². The lowest BCUT2D eigenvalue weighted by molar-refractivity contribution is -0.121. The molecule has 0 N–H and O–H groups in total. The van der Waals surface area contributed by atoms with E-state index in [0.29, 0.717) is 11.8 Å². The first kappa shape index (κ1) is 12.0. The Balaban J connectivity index is 0.000000980. The minimum absolute atomic E-state index is 0.